The first-order chi connectivity index (χ1) is 9.99. The summed E-state index contributed by atoms with van der Waals surface area (Å²) in [5, 5.41) is 3.85. The van der Waals surface area contributed by atoms with E-state index in [-0.39, 0.29) is 0 Å². The largest absolute Gasteiger partial charge is 0.497 e. The van der Waals surface area contributed by atoms with Crippen molar-refractivity contribution in [1.82, 2.24) is 5.32 Å². The van der Waals surface area contributed by atoms with Crippen molar-refractivity contribution in [3.8, 4) is 5.75 Å². The molecule has 21 heavy (non-hydrogen) atoms. The number of hydrogen-bond donors (Lipinski definition) is 1. The van der Waals surface area contributed by atoms with Crippen LogP contribution in [-0.2, 0) is 4.74 Å². The minimum atomic E-state index is -3.14. The Hall–Kier alpha value is -2.37. The summed E-state index contributed by atoms with van der Waals surface area (Å²) >= 11 is 0. The summed E-state index contributed by atoms with van der Waals surface area (Å²) in [5.41, 5.74) is 0.342. The molecule has 6 heteroatoms. The Bertz CT molecular complexity index is 702. The van der Waals surface area contributed by atoms with Gasteiger partial charge >= 0.3 is 12.0 Å². The number of halogens is 2. The molecule has 0 aliphatic carbocycles. The van der Waals surface area contributed by atoms with Crippen LogP contribution in [-0.4, -0.2) is 25.7 Å². The number of cyclic esters (lactones) is 1. The molecule has 0 radical (unpaired) electrons. The molecular formula is C15H13F2NO3. The zero-order valence-corrected chi connectivity index (χ0v) is 11.2. The molecule has 0 spiro atoms. The molecule has 0 aromatic heterocycles. The number of fused-ring (bicyclic) bond motifs is 1. The third kappa shape index (κ3) is 2.49. The number of hydrogen-bond acceptors (Lipinski definition) is 3. The zero-order valence-electron chi connectivity index (χ0n) is 11.2. The Kier molecular flexibility index (Phi) is 3.16. The van der Waals surface area contributed by atoms with Crippen molar-refractivity contribution in [2.24, 2.45) is 0 Å². The van der Waals surface area contributed by atoms with Crippen LogP contribution in [0.25, 0.3) is 10.8 Å². The lowest BCUT2D eigenvalue weighted by Gasteiger charge is -2.31. The maximum atomic E-state index is 13.9. The molecule has 4 nitrogen and oxygen atoms in total. The number of nitrogens with one attached hydrogen (secondary N) is 1. The van der Waals surface area contributed by atoms with Gasteiger partial charge in [-0.3, -0.25) is 0 Å². The van der Waals surface area contributed by atoms with E-state index in [0.717, 1.165) is 10.8 Å². The average molecular weight is 293 g/mol. The van der Waals surface area contributed by atoms with Gasteiger partial charge in [0.05, 0.1) is 7.11 Å². The van der Waals surface area contributed by atoms with Gasteiger partial charge in [-0.05, 0) is 34.5 Å². The van der Waals surface area contributed by atoms with E-state index in [1.165, 1.54) is 0 Å². The highest BCUT2D eigenvalue weighted by Gasteiger charge is 2.46. The number of carbonyl (C=O) groups excluding carboxylic acids is 1. The lowest BCUT2D eigenvalue weighted by molar-refractivity contribution is -0.104. The summed E-state index contributed by atoms with van der Waals surface area (Å²) < 4.78 is 37.2. The molecule has 1 aliphatic heterocycles. The summed E-state index contributed by atoms with van der Waals surface area (Å²) in [7, 11) is 1.56. The van der Waals surface area contributed by atoms with Gasteiger partial charge in [0.15, 0.2) is 6.61 Å². The van der Waals surface area contributed by atoms with E-state index in [1.54, 1.807) is 37.4 Å². The standard InChI is InChI=1S/C15H13F2NO3/c1-20-12-5-4-9-6-11(3-2-10(9)7-12)13-15(16,17)8-21-14(19)18-13/h2-7,13H,8H2,1H3,(H,18,19)/t13-/m1/s1. The van der Waals surface area contributed by atoms with E-state index in [1.807, 2.05) is 6.07 Å². The van der Waals surface area contributed by atoms with Crippen molar-refractivity contribution in [2.45, 2.75) is 12.0 Å². The van der Waals surface area contributed by atoms with Gasteiger partial charge in [0, 0.05) is 0 Å². The lowest BCUT2D eigenvalue weighted by atomic mass is 9.97. The molecule has 0 unspecified atom stereocenters. The predicted octanol–water partition coefficient (Wildman–Crippen LogP) is 3.26. The second kappa shape index (κ2) is 4.87. The number of alkyl halides is 2. The number of alkyl carbamates (subject to hydrolysis) is 1. The fourth-order valence-corrected chi connectivity index (χ4v) is 2.39. The minimum Gasteiger partial charge on any atom is -0.497 e. The van der Waals surface area contributed by atoms with Crippen LogP contribution in [0, 0.1) is 0 Å². The molecule has 0 bridgehead atoms. The van der Waals surface area contributed by atoms with Gasteiger partial charge in [0.1, 0.15) is 11.8 Å². The SMILES string of the molecule is COc1ccc2cc([C@H]3NC(=O)OCC3(F)F)ccc2c1. The summed E-state index contributed by atoms with van der Waals surface area (Å²) in [6.07, 6.45) is -0.833. The fourth-order valence-electron chi connectivity index (χ4n) is 2.39. The summed E-state index contributed by atoms with van der Waals surface area (Å²) in [4.78, 5) is 11.2. The van der Waals surface area contributed by atoms with Gasteiger partial charge in [-0.2, -0.15) is 0 Å². The average Bonchev–Trinajstić information content (AvgIpc) is 2.48. The summed E-state index contributed by atoms with van der Waals surface area (Å²) in [6.45, 7) is -0.913. The van der Waals surface area contributed by atoms with Crippen LogP contribution in [0.4, 0.5) is 13.6 Å². The number of ether oxygens (including phenoxy) is 2. The topological polar surface area (TPSA) is 47.6 Å². The molecule has 1 N–H and O–H groups in total. The Labute approximate surface area is 119 Å². The number of benzene rings is 2. The van der Waals surface area contributed by atoms with Gasteiger partial charge in [-0.1, -0.05) is 18.2 Å². The number of rotatable bonds is 2. The van der Waals surface area contributed by atoms with Crippen LogP contribution in [0.15, 0.2) is 36.4 Å². The Morgan fingerprint density at radius 3 is 2.71 bits per heavy atom. The van der Waals surface area contributed by atoms with Gasteiger partial charge in [0.25, 0.3) is 0 Å². The quantitative estimate of drug-likeness (QED) is 0.924. The van der Waals surface area contributed by atoms with Gasteiger partial charge < -0.3 is 14.8 Å². The molecule has 0 saturated carbocycles. The predicted molar refractivity (Wildman–Crippen MR) is 72.7 cm³/mol. The van der Waals surface area contributed by atoms with Crippen LogP contribution in [0.2, 0.25) is 0 Å². The second-order valence-electron chi connectivity index (χ2n) is 4.89. The zero-order chi connectivity index (χ0) is 15.0. The van der Waals surface area contributed by atoms with E-state index < -0.39 is 24.7 Å². The van der Waals surface area contributed by atoms with Crippen molar-refractivity contribution in [3.63, 3.8) is 0 Å². The van der Waals surface area contributed by atoms with Crippen molar-refractivity contribution in [3.05, 3.63) is 42.0 Å². The molecule has 3 rings (SSSR count). The smallest absolute Gasteiger partial charge is 0.408 e. The molecule has 1 atom stereocenters. The summed E-state index contributed by atoms with van der Waals surface area (Å²) in [5.74, 6) is -2.45. The van der Waals surface area contributed by atoms with Crippen LogP contribution < -0.4 is 10.1 Å². The van der Waals surface area contributed by atoms with Crippen molar-refractivity contribution in [2.75, 3.05) is 13.7 Å². The van der Waals surface area contributed by atoms with Gasteiger partial charge in [-0.15, -0.1) is 0 Å². The van der Waals surface area contributed by atoms with Crippen LogP contribution in [0.3, 0.4) is 0 Å². The first-order valence-corrected chi connectivity index (χ1v) is 6.38. The highest BCUT2D eigenvalue weighted by molar-refractivity contribution is 5.85. The number of methoxy groups -OCH3 is 1. The minimum absolute atomic E-state index is 0.342. The highest BCUT2D eigenvalue weighted by Crippen LogP contribution is 2.35. The third-order valence-corrected chi connectivity index (χ3v) is 3.49. The van der Waals surface area contributed by atoms with Crippen molar-refractivity contribution < 1.29 is 23.0 Å². The first kappa shape index (κ1) is 13.6. The van der Waals surface area contributed by atoms with E-state index in [2.05, 4.69) is 10.1 Å². The van der Waals surface area contributed by atoms with E-state index in [9.17, 15) is 13.6 Å². The molecule has 1 amide bonds. The molecular weight excluding hydrogens is 280 g/mol. The number of carbonyl (C=O) groups is 1. The number of amides is 1. The van der Waals surface area contributed by atoms with Gasteiger partial charge in [0.2, 0.25) is 0 Å². The molecule has 1 fully saturated rings. The molecule has 2 aromatic rings. The normalized spacial score (nSPS) is 20.7. The third-order valence-electron chi connectivity index (χ3n) is 3.49. The Balaban J connectivity index is 2.02. The van der Waals surface area contributed by atoms with Crippen LogP contribution >= 0.6 is 0 Å². The molecule has 110 valence electrons. The van der Waals surface area contributed by atoms with Crippen molar-refractivity contribution >= 4 is 16.9 Å². The molecule has 2 aromatic carbocycles. The monoisotopic (exact) mass is 293 g/mol. The Morgan fingerprint density at radius 2 is 1.95 bits per heavy atom. The van der Waals surface area contributed by atoms with Crippen LogP contribution in [0.5, 0.6) is 5.75 Å². The second-order valence-corrected chi connectivity index (χ2v) is 4.89. The molecule has 1 saturated heterocycles. The fraction of sp³-hybridized carbons (Fsp3) is 0.267. The maximum absolute atomic E-state index is 13.9. The lowest BCUT2D eigenvalue weighted by Crippen LogP contribution is -2.49. The van der Waals surface area contributed by atoms with Crippen molar-refractivity contribution in [1.29, 1.82) is 0 Å². The van der Waals surface area contributed by atoms with E-state index >= 15 is 0 Å². The van der Waals surface area contributed by atoms with E-state index in [4.69, 9.17) is 4.74 Å². The molecule has 1 aliphatic rings. The van der Waals surface area contributed by atoms with Crippen LogP contribution in [0.1, 0.15) is 11.6 Å². The molecule has 1 heterocycles. The van der Waals surface area contributed by atoms with Gasteiger partial charge in [-0.25, -0.2) is 13.6 Å². The van der Waals surface area contributed by atoms with E-state index in [0.29, 0.717) is 11.3 Å². The first-order valence-electron chi connectivity index (χ1n) is 6.38. The highest BCUT2D eigenvalue weighted by atomic mass is 19.3. The summed E-state index contributed by atoms with van der Waals surface area (Å²) in [6, 6.07) is 8.92. The Morgan fingerprint density at radius 1 is 1.24 bits per heavy atom. The maximum Gasteiger partial charge on any atom is 0.408 e.